The third-order valence-electron chi connectivity index (χ3n) is 5.13. The van der Waals surface area contributed by atoms with Crippen LogP contribution in [0.2, 0.25) is 0 Å². The minimum absolute atomic E-state index is 0.0190. The number of carbonyl (C=O) groups excluding carboxylic acids is 1. The van der Waals surface area contributed by atoms with Crippen molar-refractivity contribution in [2.45, 2.75) is 20.8 Å². The highest BCUT2D eigenvalue weighted by atomic mass is 16.2. The average molecular weight is 387 g/mol. The summed E-state index contributed by atoms with van der Waals surface area (Å²) < 4.78 is 0. The molecule has 29 heavy (non-hydrogen) atoms. The van der Waals surface area contributed by atoms with E-state index < -0.39 is 0 Å². The highest BCUT2D eigenvalue weighted by Gasteiger charge is 2.24. The number of carbonyl (C=O) groups is 1. The Bertz CT molecular complexity index is 1140. The van der Waals surface area contributed by atoms with Crippen molar-refractivity contribution >= 4 is 22.9 Å². The van der Waals surface area contributed by atoms with Gasteiger partial charge in [-0.15, -0.1) is 0 Å². The topological polar surface area (TPSA) is 98.9 Å². The molecule has 1 fully saturated rings. The fourth-order valence-electron chi connectivity index (χ4n) is 3.41. The van der Waals surface area contributed by atoms with Gasteiger partial charge in [-0.3, -0.25) is 4.79 Å². The van der Waals surface area contributed by atoms with Crippen molar-refractivity contribution in [2.75, 3.05) is 31.1 Å². The summed E-state index contributed by atoms with van der Waals surface area (Å²) in [5.41, 5.74) is 5.01. The van der Waals surface area contributed by atoms with Gasteiger partial charge < -0.3 is 9.80 Å². The quantitative estimate of drug-likeness (QED) is 0.664. The molecule has 8 heteroatoms. The Hall–Kier alpha value is -3.60. The molecular formula is C21H21N7O. The van der Waals surface area contributed by atoms with Crippen LogP contribution in [0.3, 0.4) is 0 Å². The molecule has 146 valence electrons. The molecule has 8 nitrogen and oxygen atoms in total. The largest absolute Gasteiger partial charge is 0.337 e. The van der Waals surface area contributed by atoms with Crippen LogP contribution in [0.4, 0.5) is 5.95 Å². The summed E-state index contributed by atoms with van der Waals surface area (Å²) in [5.74, 6) is 0.523. The maximum atomic E-state index is 13.0. The number of hydrogen-bond donors (Lipinski definition) is 0. The lowest BCUT2D eigenvalue weighted by Gasteiger charge is -2.34. The van der Waals surface area contributed by atoms with Crippen LogP contribution in [0.1, 0.15) is 33.1 Å². The smallest absolute Gasteiger partial charge is 0.254 e. The van der Waals surface area contributed by atoms with E-state index in [1.165, 1.54) is 0 Å². The lowest BCUT2D eigenvalue weighted by atomic mass is 10.1. The van der Waals surface area contributed by atoms with E-state index >= 15 is 0 Å². The number of anilines is 1. The Labute approximate surface area is 168 Å². The Morgan fingerprint density at radius 1 is 0.931 bits per heavy atom. The third-order valence-corrected chi connectivity index (χ3v) is 5.13. The van der Waals surface area contributed by atoms with Gasteiger partial charge in [-0.2, -0.15) is 5.26 Å². The number of rotatable bonds is 2. The first kappa shape index (κ1) is 18.7. The summed E-state index contributed by atoms with van der Waals surface area (Å²) in [6.07, 6.45) is 0. The van der Waals surface area contributed by atoms with Gasteiger partial charge in [-0.1, -0.05) is 0 Å². The van der Waals surface area contributed by atoms with Gasteiger partial charge in [0.2, 0.25) is 5.95 Å². The molecule has 1 amide bonds. The molecule has 0 saturated carbocycles. The molecule has 1 aromatic carbocycles. The van der Waals surface area contributed by atoms with Gasteiger partial charge in [0.15, 0.2) is 0 Å². The van der Waals surface area contributed by atoms with Crippen molar-refractivity contribution in [3.05, 3.63) is 52.6 Å². The standard InChI is InChI=1S/C21H21N7O/c1-13-10-17(12-22)26-21(23-13)28-8-6-27(7-9-28)20(29)16-4-5-18-19(11-16)25-15(3)14(2)24-18/h4-5,10-11H,6-9H2,1-3H3. The number of aryl methyl sites for hydroxylation is 3. The zero-order valence-corrected chi connectivity index (χ0v) is 16.7. The molecule has 0 N–H and O–H groups in total. The van der Waals surface area contributed by atoms with Crippen LogP contribution in [0.15, 0.2) is 24.3 Å². The number of benzene rings is 1. The van der Waals surface area contributed by atoms with Gasteiger partial charge in [-0.25, -0.2) is 19.9 Å². The second kappa shape index (κ2) is 7.43. The maximum Gasteiger partial charge on any atom is 0.254 e. The molecular weight excluding hydrogens is 366 g/mol. The minimum Gasteiger partial charge on any atom is -0.337 e. The first-order chi connectivity index (χ1) is 13.9. The molecule has 0 radical (unpaired) electrons. The summed E-state index contributed by atoms with van der Waals surface area (Å²) in [5, 5.41) is 9.11. The Balaban J connectivity index is 1.49. The molecule has 0 atom stereocenters. The van der Waals surface area contributed by atoms with Crippen molar-refractivity contribution in [3.8, 4) is 6.07 Å². The molecule has 2 aromatic heterocycles. The molecule has 0 bridgehead atoms. The van der Waals surface area contributed by atoms with E-state index in [4.69, 9.17) is 5.26 Å². The van der Waals surface area contributed by atoms with Crippen molar-refractivity contribution < 1.29 is 4.79 Å². The van der Waals surface area contributed by atoms with Gasteiger partial charge in [0.1, 0.15) is 11.8 Å². The fourth-order valence-corrected chi connectivity index (χ4v) is 3.41. The number of nitrogens with zero attached hydrogens (tertiary/aromatic N) is 7. The molecule has 0 unspecified atom stereocenters. The van der Waals surface area contributed by atoms with Crippen LogP contribution in [-0.2, 0) is 0 Å². The summed E-state index contributed by atoms with van der Waals surface area (Å²) in [4.78, 5) is 34.6. The van der Waals surface area contributed by atoms with E-state index in [1.54, 1.807) is 6.07 Å². The monoisotopic (exact) mass is 387 g/mol. The van der Waals surface area contributed by atoms with E-state index in [0.29, 0.717) is 43.4 Å². The van der Waals surface area contributed by atoms with Gasteiger partial charge in [0.05, 0.1) is 22.4 Å². The Morgan fingerprint density at radius 3 is 2.31 bits per heavy atom. The zero-order chi connectivity index (χ0) is 20.5. The maximum absolute atomic E-state index is 13.0. The molecule has 1 saturated heterocycles. The van der Waals surface area contributed by atoms with Crippen molar-refractivity contribution in [3.63, 3.8) is 0 Å². The number of fused-ring (bicyclic) bond motifs is 1. The van der Waals surface area contributed by atoms with Crippen molar-refractivity contribution in [1.29, 1.82) is 5.26 Å². The van der Waals surface area contributed by atoms with Crippen molar-refractivity contribution in [1.82, 2.24) is 24.8 Å². The molecule has 1 aliphatic heterocycles. The first-order valence-electron chi connectivity index (χ1n) is 9.49. The van der Waals surface area contributed by atoms with Crippen LogP contribution in [0.5, 0.6) is 0 Å². The lowest BCUT2D eigenvalue weighted by Crippen LogP contribution is -2.49. The van der Waals surface area contributed by atoms with Gasteiger partial charge >= 0.3 is 0 Å². The van der Waals surface area contributed by atoms with Crippen LogP contribution < -0.4 is 4.90 Å². The van der Waals surface area contributed by atoms with E-state index in [1.807, 2.05) is 48.8 Å². The lowest BCUT2D eigenvalue weighted by molar-refractivity contribution is 0.0746. The molecule has 3 aromatic rings. The molecule has 0 aliphatic carbocycles. The Kier molecular flexibility index (Phi) is 4.80. The number of nitriles is 1. The summed E-state index contributed by atoms with van der Waals surface area (Å²) >= 11 is 0. The predicted octanol–water partition coefficient (Wildman–Crippen LogP) is 2.18. The van der Waals surface area contributed by atoms with E-state index in [2.05, 4.69) is 26.0 Å². The van der Waals surface area contributed by atoms with E-state index in [-0.39, 0.29) is 5.91 Å². The van der Waals surface area contributed by atoms with Gasteiger partial charge in [0.25, 0.3) is 5.91 Å². The fraction of sp³-hybridized carbons (Fsp3) is 0.333. The van der Waals surface area contributed by atoms with E-state index in [9.17, 15) is 4.79 Å². The first-order valence-corrected chi connectivity index (χ1v) is 9.49. The average Bonchev–Trinajstić information content (AvgIpc) is 2.73. The highest BCUT2D eigenvalue weighted by molar-refractivity contribution is 5.97. The second-order valence-corrected chi connectivity index (χ2v) is 7.18. The van der Waals surface area contributed by atoms with Crippen LogP contribution in [0, 0.1) is 32.1 Å². The van der Waals surface area contributed by atoms with Crippen LogP contribution in [0.25, 0.3) is 11.0 Å². The molecule has 1 aliphatic rings. The number of piperazine rings is 1. The molecule has 0 spiro atoms. The molecule has 4 rings (SSSR count). The number of aromatic nitrogens is 4. The van der Waals surface area contributed by atoms with E-state index in [0.717, 1.165) is 28.1 Å². The summed E-state index contributed by atoms with van der Waals surface area (Å²) in [6.45, 7) is 8.05. The zero-order valence-electron chi connectivity index (χ0n) is 16.7. The van der Waals surface area contributed by atoms with Gasteiger partial charge in [-0.05, 0) is 45.0 Å². The minimum atomic E-state index is -0.0190. The SMILES string of the molecule is Cc1cc(C#N)nc(N2CCN(C(=O)c3ccc4nc(C)c(C)nc4c3)CC2)n1. The third kappa shape index (κ3) is 3.72. The Morgan fingerprint density at radius 2 is 1.62 bits per heavy atom. The van der Waals surface area contributed by atoms with Crippen molar-refractivity contribution in [2.24, 2.45) is 0 Å². The van der Waals surface area contributed by atoms with Crippen LogP contribution >= 0.6 is 0 Å². The normalized spacial score (nSPS) is 14.1. The highest BCUT2D eigenvalue weighted by Crippen LogP contribution is 2.18. The number of hydrogen-bond acceptors (Lipinski definition) is 7. The summed E-state index contributed by atoms with van der Waals surface area (Å²) in [7, 11) is 0. The van der Waals surface area contributed by atoms with Crippen LogP contribution in [-0.4, -0.2) is 56.9 Å². The predicted molar refractivity (Wildman–Crippen MR) is 109 cm³/mol. The molecule has 3 heterocycles. The van der Waals surface area contributed by atoms with Gasteiger partial charge in [0, 0.05) is 37.4 Å². The summed E-state index contributed by atoms with van der Waals surface area (Å²) in [6, 6.07) is 9.20. The number of amides is 1. The second-order valence-electron chi connectivity index (χ2n) is 7.18.